The van der Waals surface area contributed by atoms with Gasteiger partial charge in [-0.15, -0.1) is 0 Å². The van der Waals surface area contributed by atoms with Crippen molar-refractivity contribution >= 4 is 12.0 Å². The summed E-state index contributed by atoms with van der Waals surface area (Å²) in [6.45, 7) is 3.83. The number of esters is 1. The third-order valence-corrected chi connectivity index (χ3v) is 2.69. The van der Waals surface area contributed by atoms with Crippen LogP contribution in [0.3, 0.4) is 0 Å². The molecule has 0 bridgehead atoms. The number of rotatable bonds is 7. The van der Waals surface area contributed by atoms with Crippen LogP contribution in [-0.2, 0) is 4.79 Å². The summed E-state index contributed by atoms with van der Waals surface area (Å²) < 4.78 is 15.9. The molecular weight excluding hydrogens is 272 g/mol. The summed E-state index contributed by atoms with van der Waals surface area (Å²) in [5, 5.41) is 8.82. The molecule has 1 aromatic rings. The van der Waals surface area contributed by atoms with Gasteiger partial charge in [-0.1, -0.05) is 26.0 Å². The van der Waals surface area contributed by atoms with E-state index in [1.165, 1.54) is 14.2 Å². The van der Waals surface area contributed by atoms with Gasteiger partial charge in [0.25, 0.3) is 0 Å². The fourth-order valence-electron chi connectivity index (χ4n) is 1.77. The van der Waals surface area contributed by atoms with Gasteiger partial charge in [0.1, 0.15) is 0 Å². The average Bonchev–Trinajstić information content (AvgIpc) is 2.44. The largest absolute Gasteiger partial charge is 0.493 e. The van der Waals surface area contributed by atoms with E-state index in [0.29, 0.717) is 17.9 Å². The molecule has 1 aromatic carbocycles. The number of benzene rings is 1. The second-order valence-electron chi connectivity index (χ2n) is 4.91. The van der Waals surface area contributed by atoms with Crippen LogP contribution in [0.5, 0.6) is 17.2 Å². The quantitative estimate of drug-likeness (QED) is 0.618. The highest BCUT2D eigenvalue weighted by Gasteiger charge is 2.17. The van der Waals surface area contributed by atoms with E-state index in [-0.39, 0.29) is 24.2 Å². The summed E-state index contributed by atoms with van der Waals surface area (Å²) in [5.41, 5.74) is 0.779. The van der Waals surface area contributed by atoms with Crippen molar-refractivity contribution in [2.45, 2.75) is 20.3 Å². The Morgan fingerprint density at radius 3 is 2.24 bits per heavy atom. The zero-order chi connectivity index (χ0) is 15.8. The van der Waals surface area contributed by atoms with Crippen LogP contribution in [-0.4, -0.2) is 31.9 Å². The first kappa shape index (κ1) is 17.0. The molecule has 0 saturated heterocycles. The molecule has 5 heteroatoms. The van der Waals surface area contributed by atoms with E-state index in [0.717, 1.165) is 5.56 Å². The summed E-state index contributed by atoms with van der Waals surface area (Å²) in [7, 11) is 2.99. The molecule has 0 spiro atoms. The van der Waals surface area contributed by atoms with Gasteiger partial charge in [-0.3, -0.25) is 4.79 Å². The molecule has 0 saturated carbocycles. The predicted octanol–water partition coefficient (Wildman–Crippen LogP) is 2.66. The number of hydrogen-bond acceptors (Lipinski definition) is 5. The Kier molecular flexibility index (Phi) is 6.75. The fraction of sp³-hybridized carbons (Fsp3) is 0.438. The van der Waals surface area contributed by atoms with E-state index < -0.39 is 0 Å². The Morgan fingerprint density at radius 1 is 1.24 bits per heavy atom. The van der Waals surface area contributed by atoms with E-state index in [2.05, 4.69) is 0 Å². The van der Waals surface area contributed by atoms with Gasteiger partial charge >= 0.3 is 5.97 Å². The van der Waals surface area contributed by atoms with E-state index in [1.54, 1.807) is 24.3 Å². The molecule has 0 unspecified atom stereocenters. The molecule has 0 aromatic heterocycles. The van der Waals surface area contributed by atoms with Crippen molar-refractivity contribution in [2.24, 2.45) is 5.92 Å². The minimum absolute atomic E-state index is 0.0598. The second kappa shape index (κ2) is 8.32. The molecule has 21 heavy (non-hydrogen) atoms. The second-order valence-corrected chi connectivity index (χ2v) is 4.91. The van der Waals surface area contributed by atoms with E-state index in [9.17, 15) is 4.79 Å². The maximum Gasteiger partial charge on any atom is 0.311 e. The Labute approximate surface area is 125 Å². The maximum atomic E-state index is 11.8. The normalized spacial score (nSPS) is 11.0. The van der Waals surface area contributed by atoms with Gasteiger partial charge in [0.05, 0.1) is 20.8 Å². The van der Waals surface area contributed by atoms with Gasteiger partial charge < -0.3 is 19.3 Å². The summed E-state index contributed by atoms with van der Waals surface area (Å²) in [6.07, 6.45) is 3.64. The Bertz CT molecular complexity index is 480. The summed E-state index contributed by atoms with van der Waals surface area (Å²) in [4.78, 5) is 11.8. The molecule has 0 aliphatic heterocycles. The van der Waals surface area contributed by atoms with Crippen LogP contribution in [0.4, 0.5) is 0 Å². The van der Waals surface area contributed by atoms with Gasteiger partial charge in [0.15, 0.2) is 11.5 Å². The fourth-order valence-corrected chi connectivity index (χ4v) is 1.77. The number of hydrogen-bond donors (Lipinski definition) is 1. The number of carbonyl (C=O) groups excluding carboxylic acids is 1. The van der Waals surface area contributed by atoms with E-state index in [1.807, 2.05) is 13.8 Å². The molecule has 0 heterocycles. The van der Waals surface area contributed by atoms with Crippen LogP contribution in [0, 0.1) is 5.92 Å². The SMILES string of the molecule is COc1cc(C=CCO)cc(OC)c1OC(=O)CC(C)C. The number of aliphatic hydroxyl groups excluding tert-OH is 1. The summed E-state index contributed by atoms with van der Waals surface area (Å²) in [5.74, 6) is 0.960. The first-order chi connectivity index (χ1) is 10.0. The zero-order valence-corrected chi connectivity index (χ0v) is 12.9. The van der Waals surface area contributed by atoms with Gasteiger partial charge in [0.2, 0.25) is 5.75 Å². The van der Waals surface area contributed by atoms with Gasteiger partial charge in [-0.25, -0.2) is 0 Å². The molecule has 1 N–H and O–H groups in total. The minimum Gasteiger partial charge on any atom is -0.493 e. The van der Waals surface area contributed by atoms with Crippen molar-refractivity contribution < 1.29 is 24.1 Å². The first-order valence-corrected chi connectivity index (χ1v) is 6.75. The molecule has 0 aliphatic carbocycles. The van der Waals surface area contributed by atoms with Crippen molar-refractivity contribution in [1.29, 1.82) is 0 Å². The lowest BCUT2D eigenvalue weighted by Crippen LogP contribution is -2.12. The lowest BCUT2D eigenvalue weighted by atomic mass is 10.1. The smallest absolute Gasteiger partial charge is 0.311 e. The van der Waals surface area contributed by atoms with Gasteiger partial charge in [0, 0.05) is 6.42 Å². The van der Waals surface area contributed by atoms with E-state index >= 15 is 0 Å². The van der Waals surface area contributed by atoms with Crippen LogP contribution in [0.25, 0.3) is 6.08 Å². The summed E-state index contributed by atoms with van der Waals surface area (Å²) in [6, 6.07) is 3.43. The summed E-state index contributed by atoms with van der Waals surface area (Å²) >= 11 is 0. The lowest BCUT2D eigenvalue weighted by Gasteiger charge is -2.14. The Hall–Kier alpha value is -2.01. The minimum atomic E-state index is -0.333. The maximum absolute atomic E-state index is 11.8. The number of methoxy groups -OCH3 is 2. The molecular formula is C16H22O5. The molecule has 0 radical (unpaired) electrons. The third-order valence-electron chi connectivity index (χ3n) is 2.69. The van der Waals surface area contributed by atoms with E-state index in [4.69, 9.17) is 19.3 Å². The predicted molar refractivity (Wildman–Crippen MR) is 80.8 cm³/mol. The molecule has 0 aliphatic rings. The monoisotopic (exact) mass is 294 g/mol. The highest BCUT2D eigenvalue weighted by atomic mass is 16.6. The van der Waals surface area contributed by atoms with Crippen LogP contribution >= 0.6 is 0 Å². The number of carbonyl (C=O) groups is 1. The molecule has 5 nitrogen and oxygen atoms in total. The van der Waals surface area contributed by atoms with Crippen molar-refractivity contribution in [3.05, 3.63) is 23.8 Å². The lowest BCUT2D eigenvalue weighted by molar-refractivity contribution is -0.135. The third kappa shape index (κ3) is 5.11. The molecule has 116 valence electrons. The molecule has 0 atom stereocenters. The van der Waals surface area contributed by atoms with Crippen molar-refractivity contribution in [3.63, 3.8) is 0 Å². The Morgan fingerprint density at radius 2 is 1.81 bits per heavy atom. The van der Waals surface area contributed by atoms with Crippen LogP contribution in [0.15, 0.2) is 18.2 Å². The number of ether oxygens (including phenoxy) is 3. The van der Waals surface area contributed by atoms with Crippen molar-refractivity contribution in [1.82, 2.24) is 0 Å². The van der Waals surface area contributed by atoms with Gasteiger partial charge in [-0.2, -0.15) is 0 Å². The molecule has 1 rings (SSSR count). The van der Waals surface area contributed by atoms with Crippen LogP contribution in [0.1, 0.15) is 25.8 Å². The first-order valence-electron chi connectivity index (χ1n) is 6.75. The highest BCUT2D eigenvalue weighted by Crippen LogP contribution is 2.39. The Balaban J connectivity index is 3.11. The highest BCUT2D eigenvalue weighted by molar-refractivity contribution is 5.75. The molecule has 0 fully saturated rings. The average molecular weight is 294 g/mol. The zero-order valence-electron chi connectivity index (χ0n) is 12.9. The topological polar surface area (TPSA) is 65.0 Å². The van der Waals surface area contributed by atoms with Crippen molar-refractivity contribution in [2.75, 3.05) is 20.8 Å². The van der Waals surface area contributed by atoms with Gasteiger partial charge in [-0.05, 0) is 23.6 Å². The van der Waals surface area contributed by atoms with Crippen LogP contribution in [0.2, 0.25) is 0 Å². The van der Waals surface area contributed by atoms with Crippen molar-refractivity contribution in [3.8, 4) is 17.2 Å². The standard InChI is InChI=1S/C16H22O5/c1-11(2)8-15(18)21-16-13(19-3)9-12(6-5-7-17)10-14(16)20-4/h5-6,9-11,17H,7-8H2,1-4H3. The number of aliphatic hydroxyl groups is 1. The molecule has 0 amide bonds. The van der Waals surface area contributed by atoms with Crippen LogP contribution < -0.4 is 14.2 Å².